The molecule has 5 aromatic rings. The molecule has 0 aliphatic carbocycles. The minimum Gasteiger partial charge on any atom is -0.481 e. The summed E-state index contributed by atoms with van der Waals surface area (Å²) in [5.41, 5.74) is 6.20. The van der Waals surface area contributed by atoms with Gasteiger partial charge in [0.05, 0.1) is 28.0 Å². The number of fused-ring (bicyclic) bond motifs is 1. The van der Waals surface area contributed by atoms with Crippen LogP contribution in [0.4, 0.5) is 0 Å². The zero-order valence-electron chi connectivity index (χ0n) is 23.4. The third-order valence-electron chi connectivity index (χ3n) is 7.45. The number of benzene rings is 3. The fourth-order valence-electron chi connectivity index (χ4n) is 4.70. The van der Waals surface area contributed by atoms with Crippen molar-refractivity contribution in [3.8, 4) is 39.4 Å². The van der Waals surface area contributed by atoms with E-state index in [0.29, 0.717) is 17.1 Å². The van der Waals surface area contributed by atoms with Gasteiger partial charge in [-0.05, 0) is 73.0 Å². The van der Waals surface area contributed by atoms with Crippen LogP contribution >= 0.6 is 0 Å². The molecule has 0 unspecified atom stereocenters. The summed E-state index contributed by atoms with van der Waals surface area (Å²) in [6, 6.07) is 25.8. The van der Waals surface area contributed by atoms with Gasteiger partial charge in [-0.3, -0.25) is 4.98 Å². The van der Waals surface area contributed by atoms with Crippen LogP contribution in [-0.4, -0.2) is 46.4 Å². The van der Waals surface area contributed by atoms with Crippen molar-refractivity contribution in [3.63, 3.8) is 0 Å². The highest BCUT2D eigenvalue weighted by Crippen LogP contribution is 2.39. The highest BCUT2D eigenvalue weighted by atomic mass is 32.2. The lowest BCUT2D eigenvalue weighted by molar-refractivity contribution is 0.398. The first kappa shape index (κ1) is 28.4. The normalized spacial score (nSPS) is 12.4. The fraction of sp³-hybridized carbons (Fsp3) is 0.188. The standard InChI is InChI=1S/C32H30N2O5S2/c1-32(2,41(5,37)38)25-19-24-10-7-17-33-30(24)28(20-25)23-9-6-8-22(18-23)27-15-16-29(39-3)34-31(27)21-11-13-26(14-12-21)40(4,35)36/h6-20H,1-5H3. The van der Waals surface area contributed by atoms with Crippen molar-refractivity contribution in [2.75, 3.05) is 19.6 Å². The molecule has 2 aromatic heterocycles. The van der Waals surface area contributed by atoms with Gasteiger partial charge in [-0.2, -0.15) is 0 Å². The molecule has 0 amide bonds. The van der Waals surface area contributed by atoms with Gasteiger partial charge >= 0.3 is 0 Å². The highest BCUT2D eigenvalue weighted by Gasteiger charge is 2.33. The van der Waals surface area contributed by atoms with Crippen LogP contribution in [0.25, 0.3) is 44.4 Å². The van der Waals surface area contributed by atoms with Crippen LogP contribution in [0.15, 0.2) is 96.0 Å². The average Bonchev–Trinajstić information content (AvgIpc) is 2.95. The molecule has 0 N–H and O–H groups in total. The van der Waals surface area contributed by atoms with Gasteiger partial charge < -0.3 is 4.74 Å². The first-order valence-corrected chi connectivity index (χ1v) is 16.6. The Morgan fingerprint density at radius 2 is 1.41 bits per heavy atom. The van der Waals surface area contributed by atoms with E-state index in [-0.39, 0.29) is 4.90 Å². The molecule has 0 aliphatic rings. The number of aromatic nitrogens is 2. The second kappa shape index (κ2) is 10.4. The Labute approximate surface area is 240 Å². The van der Waals surface area contributed by atoms with E-state index in [4.69, 9.17) is 9.72 Å². The van der Waals surface area contributed by atoms with Gasteiger partial charge in [0.25, 0.3) is 0 Å². The number of methoxy groups -OCH3 is 1. The molecule has 0 saturated heterocycles. The van der Waals surface area contributed by atoms with Gasteiger partial charge in [-0.25, -0.2) is 21.8 Å². The zero-order valence-corrected chi connectivity index (χ0v) is 25.0. The Balaban J connectivity index is 1.70. The lowest BCUT2D eigenvalue weighted by Gasteiger charge is -2.24. The molecule has 210 valence electrons. The summed E-state index contributed by atoms with van der Waals surface area (Å²) in [5, 5.41) is 0.847. The Hall–Kier alpha value is -4.08. The SMILES string of the molecule is COc1ccc(-c2cccc(-c3cc(C(C)(C)S(C)(=O)=O)cc4cccnc34)c2)c(-c2ccc(S(C)(=O)=O)cc2)n1. The topological polar surface area (TPSA) is 103 Å². The lowest BCUT2D eigenvalue weighted by Crippen LogP contribution is -2.28. The van der Waals surface area contributed by atoms with Gasteiger partial charge in [0.1, 0.15) is 0 Å². The van der Waals surface area contributed by atoms with Crippen molar-refractivity contribution in [1.82, 2.24) is 9.97 Å². The predicted molar refractivity (Wildman–Crippen MR) is 163 cm³/mol. The monoisotopic (exact) mass is 586 g/mol. The fourth-order valence-corrected chi connectivity index (χ4v) is 5.87. The van der Waals surface area contributed by atoms with Gasteiger partial charge in [-0.15, -0.1) is 0 Å². The molecule has 3 aromatic carbocycles. The van der Waals surface area contributed by atoms with Crippen molar-refractivity contribution >= 4 is 30.6 Å². The third-order valence-corrected chi connectivity index (χ3v) is 10.7. The van der Waals surface area contributed by atoms with Crippen LogP contribution in [0.3, 0.4) is 0 Å². The number of pyridine rings is 2. The maximum atomic E-state index is 12.7. The quantitative estimate of drug-likeness (QED) is 0.220. The number of sulfone groups is 2. The smallest absolute Gasteiger partial charge is 0.213 e. The third kappa shape index (κ3) is 5.47. The van der Waals surface area contributed by atoms with E-state index in [9.17, 15) is 16.8 Å². The van der Waals surface area contributed by atoms with E-state index < -0.39 is 24.4 Å². The van der Waals surface area contributed by atoms with Gasteiger partial charge in [0.2, 0.25) is 5.88 Å². The molecular weight excluding hydrogens is 556 g/mol. The Morgan fingerprint density at radius 1 is 0.732 bits per heavy atom. The maximum absolute atomic E-state index is 12.7. The maximum Gasteiger partial charge on any atom is 0.213 e. The van der Waals surface area contributed by atoms with Crippen LogP contribution in [0.5, 0.6) is 5.88 Å². The molecule has 41 heavy (non-hydrogen) atoms. The molecule has 0 fully saturated rings. The number of hydrogen-bond donors (Lipinski definition) is 0. The van der Waals surface area contributed by atoms with E-state index >= 15 is 0 Å². The van der Waals surface area contributed by atoms with Crippen molar-refractivity contribution in [1.29, 1.82) is 0 Å². The van der Waals surface area contributed by atoms with Gasteiger partial charge in [0, 0.05) is 46.9 Å². The first-order chi connectivity index (χ1) is 19.3. The van der Waals surface area contributed by atoms with Crippen LogP contribution in [-0.2, 0) is 24.4 Å². The van der Waals surface area contributed by atoms with Crippen LogP contribution < -0.4 is 4.74 Å². The number of hydrogen-bond acceptors (Lipinski definition) is 7. The van der Waals surface area contributed by atoms with E-state index in [1.54, 1.807) is 57.5 Å². The summed E-state index contributed by atoms with van der Waals surface area (Å²) in [6.45, 7) is 3.43. The summed E-state index contributed by atoms with van der Waals surface area (Å²) < 4.78 is 53.7. The van der Waals surface area contributed by atoms with Crippen LogP contribution in [0, 0.1) is 0 Å². The lowest BCUT2D eigenvalue weighted by atomic mass is 9.91. The van der Waals surface area contributed by atoms with Crippen LogP contribution in [0.2, 0.25) is 0 Å². The molecule has 9 heteroatoms. The minimum atomic E-state index is -3.41. The average molecular weight is 587 g/mol. The summed E-state index contributed by atoms with van der Waals surface area (Å²) in [4.78, 5) is 9.56. The van der Waals surface area contributed by atoms with Crippen LogP contribution in [0.1, 0.15) is 19.4 Å². The van der Waals surface area contributed by atoms with Crippen molar-refractivity contribution in [2.45, 2.75) is 23.5 Å². The summed E-state index contributed by atoms with van der Waals surface area (Å²) in [6.07, 6.45) is 4.15. The van der Waals surface area contributed by atoms with Crippen molar-refractivity contribution in [3.05, 3.63) is 96.7 Å². The van der Waals surface area contributed by atoms with E-state index in [1.165, 1.54) is 12.5 Å². The Morgan fingerprint density at radius 3 is 2.05 bits per heavy atom. The van der Waals surface area contributed by atoms with Gasteiger partial charge in [0.15, 0.2) is 19.7 Å². The summed E-state index contributed by atoms with van der Waals surface area (Å²) >= 11 is 0. The molecule has 0 radical (unpaired) electrons. The minimum absolute atomic E-state index is 0.226. The molecule has 2 heterocycles. The molecule has 0 atom stereocenters. The largest absolute Gasteiger partial charge is 0.481 e. The predicted octanol–water partition coefficient (Wildman–Crippen LogP) is 6.32. The van der Waals surface area contributed by atoms with E-state index in [2.05, 4.69) is 4.98 Å². The molecule has 0 saturated carbocycles. The molecule has 0 spiro atoms. The van der Waals surface area contributed by atoms with Gasteiger partial charge in [-0.1, -0.05) is 36.4 Å². The van der Waals surface area contributed by atoms with E-state index in [0.717, 1.165) is 38.7 Å². The highest BCUT2D eigenvalue weighted by molar-refractivity contribution is 7.91. The van der Waals surface area contributed by atoms with E-state index in [1.807, 2.05) is 54.6 Å². The van der Waals surface area contributed by atoms with Crippen molar-refractivity contribution in [2.24, 2.45) is 0 Å². The molecule has 0 aliphatic heterocycles. The molecule has 0 bridgehead atoms. The first-order valence-electron chi connectivity index (χ1n) is 12.8. The molecular formula is C32H30N2O5S2. The molecule has 7 nitrogen and oxygen atoms in total. The van der Waals surface area contributed by atoms with Crippen molar-refractivity contribution < 1.29 is 21.6 Å². The second-order valence-electron chi connectivity index (χ2n) is 10.5. The Kier molecular flexibility index (Phi) is 7.21. The molecule has 5 rings (SSSR count). The summed E-state index contributed by atoms with van der Waals surface area (Å²) in [7, 11) is -5.21. The second-order valence-corrected chi connectivity index (χ2v) is 15.1. The number of rotatable bonds is 7. The number of ether oxygens (including phenoxy) is 1. The number of nitrogens with zero attached hydrogens (tertiary/aromatic N) is 2. The summed E-state index contributed by atoms with van der Waals surface area (Å²) in [5.74, 6) is 0.429. The zero-order chi connectivity index (χ0) is 29.6. The Bertz CT molecular complexity index is 2000.